The molecule has 0 aromatic heterocycles. The van der Waals surface area contributed by atoms with Crippen LogP contribution in [-0.2, 0) is 32.7 Å². The molecule has 0 aliphatic carbocycles. The minimum atomic E-state index is -4.39. The first-order valence-electron chi connectivity index (χ1n) is 26.4. The number of allylic oxidation sites excluding steroid dienone is 18. The predicted octanol–water partition coefficient (Wildman–Crippen LogP) is 16.3. The molecule has 2 atom stereocenters. The number of hydrogen-bond donors (Lipinski definition) is 2. The average molecular weight is 954 g/mol. The quantitative estimate of drug-likeness (QED) is 0.0264. The maximum absolute atomic E-state index is 12.7. The highest BCUT2D eigenvalue weighted by molar-refractivity contribution is 7.47. The van der Waals surface area contributed by atoms with Crippen LogP contribution in [0.5, 0.6) is 0 Å². The fraction of sp³-hybridized carbons (Fsp3) is 0.649. The second-order valence-corrected chi connectivity index (χ2v) is 18.5. The van der Waals surface area contributed by atoms with Crippen molar-refractivity contribution in [1.29, 1.82) is 0 Å². The molecule has 10 heteroatoms. The largest absolute Gasteiger partial charge is 0.472 e. The number of rotatable bonds is 48. The van der Waals surface area contributed by atoms with Crippen LogP contribution < -0.4 is 5.73 Å². The van der Waals surface area contributed by atoms with E-state index in [1.165, 1.54) is 51.4 Å². The molecular weight excluding hydrogens is 858 g/mol. The van der Waals surface area contributed by atoms with Gasteiger partial charge in [0.15, 0.2) is 6.10 Å². The number of esters is 2. The normalized spacial score (nSPS) is 14.0. The molecule has 0 radical (unpaired) electrons. The van der Waals surface area contributed by atoms with Gasteiger partial charge in [0, 0.05) is 19.4 Å². The molecule has 2 unspecified atom stereocenters. The third kappa shape index (κ3) is 51.9. The monoisotopic (exact) mass is 954 g/mol. The van der Waals surface area contributed by atoms with Crippen molar-refractivity contribution in [2.24, 2.45) is 5.73 Å². The molecule has 0 rings (SSSR count). The first-order chi connectivity index (χ1) is 32.8. The predicted molar refractivity (Wildman–Crippen MR) is 284 cm³/mol. The number of nitrogens with two attached hydrogens (primary N) is 1. The van der Waals surface area contributed by atoms with Gasteiger partial charge in [-0.05, 0) is 96.3 Å². The smallest absolute Gasteiger partial charge is 0.462 e. The van der Waals surface area contributed by atoms with Gasteiger partial charge < -0.3 is 20.1 Å². The number of carbonyl (C=O) groups excluding carboxylic acids is 2. The summed E-state index contributed by atoms with van der Waals surface area (Å²) in [5, 5.41) is 0. The zero-order valence-electron chi connectivity index (χ0n) is 42.3. The Hall–Kier alpha value is -3.33. The lowest BCUT2D eigenvalue weighted by Gasteiger charge is -2.19. The van der Waals surface area contributed by atoms with E-state index in [2.05, 4.69) is 123 Å². The first-order valence-corrected chi connectivity index (χ1v) is 27.9. The molecule has 67 heavy (non-hydrogen) atoms. The van der Waals surface area contributed by atoms with Gasteiger partial charge in [0.1, 0.15) is 6.61 Å². The molecular formula is C57H96NO8P. The van der Waals surface area contributed by atoms with Gasteiger partial charge in [-0.1, -0.05) is 207 Å². The number of carbonyl (C=O) groups is 2. The van der Waals surface area contributed by atoms with Crippen LogP contribution in [0.25, 0.3) is 0 Å². The standard InChI is InChI=1S/C57H96NO8P/c1-3-5-7-9-11-13-15-17-18-19-20-21-22-23-24-25-26-27-28-29-30-31-32-33-34-35-36-38-40-42-44-46-48-50-57(60)66-55(54-65-67(61,62)64-52-51-58)53-63-56(59)49-47-45-43-41-39-37-16-14-12-10-8-6-4-2/h5,7-8,10-11,13-14,16-18,20-21,23-24,26-27,29-30,55H,3-4,6,9,12,15,19,22,25,28,31-54,58H2,1-2H3,(H,61,62)/b7-5-,10-8-,13-11-,16-14-,18-17-,21-20-,24-23-,27-26-,30-29-. The Labute approximate surface area is 409 Å². The Balaban J connectivity index is 3.99. The molecule has 9 nitrogen and oxygen atoms in total. The van der Waals surface area contributed by atoms with Gasteiger partial charge in [0.2, 0.25) is 0 Å². The molecule has 0 heterocycles. The van der Waals surface area contributed by atoms with Crippen LogP contribution in [0, 0.1) is 0 Å². The fourth-order valence-electron chi connectivity index (χ4n) is 6.77. The Morgan fingerprint density at radius 1 is 0.463 bits per heavy atom. The van der Waals surface area contributed by atoms with E-state index in [1.807, 2.05) is 0 Å². The van der Waals surface area contributed by atoms with Gasteiger partial charge in [-0.2, -0.15) is 0 Å². The van der Waals surface area contributed by atoms with Gasteiger partial charge in [-0.25, -0.2) is 4.57 Å². The van der Waals surface area contributed by atoms with Gasteiger partial charge in [-0.3, -0.25) is 18.6 Å². The lowest BCUT2D eigenvalue weighted by molar-refractivity contribution is -0.161. The van der Waals surface area contributed by atoms with Crippen LogP contribution in [0.3, 0.4) is 0 Å². The van der Waals surface area contributed by atoms with Crippen LogP contribution in [0.15, 0.2) is 109 Å². The molecule has 0 aromatic carbocycles. The summed E-state index contributed by atoms with van der Waals surface area (Å²) < 4.78 is 32.9. The van der Waals surface area contributed by atoms with Crippen LogP contribution in [0.2, 0.25) is 0 Å². The van der Waals surface area contributed by atoms with Gasteiger partial charge in [-0.15, -0.1) is 0 Å². The number of phosphoric acid groups is 1. The van der Waals surface area contributed by atoms with Crippen molar-refractivity contribution in [3.05, 3.63) is 109 Å². The molecule has 0 aliphatic heterocycles. The summed E-state index contributed by atoms with van der Waals surface area (Å²) in [5.74, 6) is -0.855. The number of phosphoric ester groups is 1. The zero-order chi connectivity index (χ0) is 48.8. The maximum atomic E-state index is 12.7. The first kappa shape index (κ1) is 63.7. The number of ether oxygens (including phenoxy) is 2. The molecule has 0 saturated heterocycles. The van der Waals surface area contributed by atoms with Crippen LogP contribution in [0.1, 0.15) is 206 Å². The van der Waals surface area contributed by atoms with Gasteiger partial charge >= 0.3 is 19.8 Å². The van der Waals surface area contributed by atoms with E-state index < -0.39 is 32.5 Å². The van der Waals surface area contributed by atoms with E-state index in [1.54, 1.807) is 0 Å². The van der Waals surface area contributed by atoms with E-state index in [9.17, 15) is 19.0 Å². The highest BCUT2D eigenvalue weighted by atomic mass is 31.2. The SMILES string of the molecule is CC/C=C\C/C=C\C/C=C\C/C=C\C/C=C\C/C=C\C/C=C\CCCCCCCCCCCCCC(=O)OC(COC(=O)CCCCCCC/C=C\C/C=C\CCC)COP(=O)(O)OCCN. The highest BCUT2D eigenvalue weighted by Gasteiger charge is 2.26. The third-order valence-corrected chi connectivity index (χ3v) is 11.6. The molecule has 0 aromatic rings. The fourth-order valence-corrected chi connectivity index (χ4v) is 7.54. The van der Waals surface area contributed by atoms with Crippen LogP contribution in [-0.4, -0.2) is 49.3 Å². The molecule has 0 spiro atoms. The van der Waals surface area contributed by atoms with Crippen molar-refractivity contribution >= 4 is 19.8 Å². The molecule has 382 valence electrons. The second kappa shape index (κ2) is 52.0. The molecule has 3 N–H and O–H groups in total. The lowest BCUT2D eigenvalue weighted by atomic mass is 10.0. The molecule has 0 bridgehead atoms. The van der Waals surface area contributed by atoms with Crippen molar-refractivity contribution in [2.45, 2.75) is 213 Å². The van der Waals surface area contributed by atoms with E-state index in [0.29, 0.717) is 12.8 Å². The van der Waals surface area contributed by atoms with Crippen LogP contribution in [0.4, 0.5) is 0 Å². The molecule has 0 saturated carbocycles. The molecule has 0 amide bonds. The molecule has 0 fully saturated rings. The van der Waals surface area contributed by atoms with Crippen molar-refractivity contribution in [3.63, 3.8) is 0 Å². The molecule has 0 aliphatic rings. The van der Waals surface area contributed by atoms with Crippen LogP contribution >= 0.6 is 7.82 Å². The third-order valence-electron chi connectivity index (χ3n) is 10.6. The van der Waals surface area contributed by atoms with Gasteiger partial charge in [0.05, 0.1) is 13.2 Å². The Kier molecular flexibility index (Phi) is 49.5. The highest BCUT2D eigenvalue weighted by Crippen LogP contribution is 2.43. The maximum Gasteiger partial charge on any atom is 0.472 e. The van der Waals surface area contributed by atoms with Crippen molar-refractivity contribution in [1.82, 2.24) is 0 Å². The van der Waals surface area contributed by atoms with Crippen molar-refractivity contribution < 1.29 is 37.6 Å². The minimum absolute atomic E-state index is 0.0459. The van der Waals surface area contributed by atoms with E-state index >= 15 is 0 Å². The van der Waals surface area contributed by atoms with Gasteiger partial charge in [0.25, 0.3) is 0 Å². The summed E-state index contributed by atoms with van der Waals surface area (Å²) in [6.45, 7) is 3.52. The number of hydrogen-bond acceptors (Lipinski definition) is 8. The summed E-state index contributed by atoms with van der Waals surface area (Å²) >= 11 is 0. The summed E-state index contributed by atoms with van der Waals surface area (Å²) in [4.78, 5) is 35.0. The Morgan fingerprint density at radius 2 is 0.821 bits per heavy atom. The lowest BCUT2D eigenvalue weighted by Crippen LogP contribution is -2.29. The van der Waals surface area contributed by atoms with E-state index in [4.69, 9.17) is 24.3 Å². The zero-order valence-corrected chi connectivity index (χ0v) is 43.2. The second-order valence-electron chi connectivity index (χ2n) is 17.0. The Bertz CT molecular complexity index is 1460. The number of unbranched alkanes of at least 4 members (excludes halogenated alkanes) is 17. The average Bonchev–Trinajstić information content (AvgIpc) is 3.32. The van der Waals surface area contributed by atoms with E-state index in [-0.39, 0.29) is 32.6 Å². The topological polar surface area (TPSA) is 134 Å². The summed E-state index contributed by atoms with van der Waals surface area (Å²) in [7, 11) is -4.39. The van der Waals surface area contributed by atoms with Crippen molar-refractivity contribution in [3.8, 4) is 0 Å². The summed E-state index contributed by atoms with van der Waals surface area (Å²) in [6, 6.07) is 0. The van der Waals surface area contributed by atoms with Crippen molar-refractivity contribution in [2.75, 3.05) is 26.4 Å². The Morgan fingerprint density at radius 3 is 1.22 bits per heavy atom. The minimum Gasteiger partial charge on any atom is -0.462 e. The summed E-state index contributed by atoms with van der Waals surface area (Å²) in [5.41, 5.74) is 5.36. The van der Waals surface area contributed by atoms with E-state index in [0.717, 1.165) is 116 Å². The summed E-state index contributed by atoms with van der Waals surface area (Å²) in [6.07, 6.45) is 70.0.